The van der Waals surface area contributed by atoms with Crippen LogP contribution in [-0.4, -0.2) is 18.9 Å². The third-order valence-electron chi connectivity index (χ3n) is 1.85. The first-order valence-electron chi connectivity index (χ1n) is 4.45. The summed E-state index contributed by atoms with van der Waals surface area (Å²) in [6.45, 7) is 1.68. The van der Waals surface area contributed by atoms with Crippen LogP contribution in [0.3, 0.4) is 0 Å². The van der Waals surface area contributed by atoms with Crippen LogP contribution < -0.4 is 10.8 Å². The van der Waals surface area contributed by atoms with Crippen LogP contribution in [0.1, 0.15) is 5.56 Å². The van der Waals surface area contributed by atoms with Gasteiger partial charge in [0.2, 0.25) is 0 Å². The molecule has 0 radical (unpaired) electrons. The zero-order valence-corrected chi connectivity index (χ0v) is 8.83. The van der Waals surface area contributed by atoms with Crippen LogP contribution >= 0.6 is 0 Å². The SMILES string of the molecule is CONC(=O)C(=O)Nc1cc(F)ccc1C. The number of hydrogen-bond acceptors (Lipinski definition) is 3. The van der Waals surface area contributed by atoms with Crippen molar-refractivity contribution < 1.29 is 18.8 Å². The summed E-state index contributed by atoms with van der Waals surface area (Å²) in [5.74, 6) is -2.37. The maximum Gasteiger partial charge on any atom is 0.333 e. The van der Waals surface area contributed by atoms with E-state index in [4.69, 9.17) is 0 Å². The summed E-state index contributed by atoms with van der Waals surface area (Å²) in [7, 11) is 1.21. The molecule has 2 amide bonds. The number of halogens is 1. The number of nitrogens with one attached hydrogen (secondary N) is 2. The van der Waals surface area contributed by atoms with Crippen molar-refractivity contribution in [1.82, 2.24) is 5.48 Å². The van der Waals surface area contributed by atoms with Gasteiger partial charge in [0.05, 0.1) is 7.11 Å². The van der Waals surface area contributed by atoms with Gasteiger partial charge in [-0.05, 0) is 24.6 Å². The van der Waals surface area contributed by atoms with E-state index in [2.05, 4.69) is 10.2 Å². The highest BCUT2D eigenvalue weighted by atomic mass is 19.1. The summed E-state index contributed by atoms with van der Waals surface area (Å²) < 4.78 is 12.9. The zero-order chi connectivity index (χ0) is 12.1. The average molecular weight is 226 g/mol. The van der Waals surface area contributed by atoms with Crippen molar-refractivity contribution in [3.63, 3.8) is 0 Å². The van der Waals surface area contributed by atoms with E-state index in [1.165, 1.54) is 19.2 Å². The molecule has 1 rings (SSSR count). The summed E-state index contributed by atoms with van der Waals surface area (Å²) in [5.41, 5.74) is 2.75. The smallest absolute Gasteiger partial charge is 0.317 e. The van der Waals surface area contributed by atoms with Crippen LogP contribution in [0.15, 0.2) is 18.2 Å². The third kappa shape index (κ3) is 3.03. The molecule has 2 N–H and O–H groups in total. The van der Waals surface area contributed by atoms with Crippen molar-refractivity contribution in [2.45, 2.75) is 6.92 Å². The lowest BCUT2D eigenvalue weighted by Crippen LogP contribution is -2.34. The van der Waals surface area contributed by atoms with E-state index >= 15 is 0 Å². The van der Waals surface area contributed by atoms with Crippen molar-refractivity contribution in [3.8, 4) is 0 Å². The molecule has 0 spiro atoms. The number of amides is 2. The number of anilines is 1. The summed E-state index contributed by atoms with van der Waals surface area (Å²) in [4.78, 5) is 26.5. The second-order valence-electron chi connectivity index (χ2n) is 3.05. The van der Waals surface area contributed by atoms with Gasteiger partial charge in [-0.25, -0.2) is 9.87 Å². The van der Waals surface area contributed by atoms with Gasteiger partial charge in [-0.15, -0.1) is 0 Å². The van der Waals surface area contributed by atoms with E-state index in [9.17, 15) is 14.0 Å². The van der Waals surface area contributed by atoms with Gasteiger partial charge in [-0.3, -0.25) is 14.4 Å². The van der Waals surface area contributed by atoms with Gasteiger partial charge in [-0.1, -0.05) is 6.07 Å². The quantitative estimate of drug-likeness (QED) is 0.577. The van der Waals surface area contributed by atoms with E-state index in [0.29, 0.717) is 5.56 Å². The van der Waals surface area contributed by atoms with Gasteiger partial charge in [0, 0.05) is 5.69 Å². The van der Waals surface area contributed by atoms with Gasteiger partial charge in [-0.2, -0.15) is 0 Å². The normalized spacial score (nSPS) is 9.69. The Kier molecular flexibility index (Phi) is 3.96. The second-order valence-corrected chi connectivity index (χ2v) is 3.05. The third-order valence-corrected chi connectivity index (χ3v) is 1.85. The van der Waals surface area contributed by atoms with E-state index in [1.54, 1.807) is 6.92 Å². The molecule has 1 aromatic carbocycles. The first-order valence-corrected chi connectivity index (χ1v) is 4.45. The van der Waals surface area contributed by atoms with E-state index in [-0.39, 0.29) is 5.69 Å². The number of aryl methyl sites for hydroxylation is 1. The highest BCUT2D eigenvalue weighted by Crippen LogP contribution is 2.15. The maximum atomic E-state index is 12.9. The summed E-state index contributed by atoms with van der Waals surface area (Å²) in [5, 5.41) is 2.26. The molecule has 0 bridgehead atoms. The van der Waals surface area contributed by atoms with Gasteiger partial charge < -0.3 is 5.32 Å². The van der Waals surface area contributed by atoms with E-state index < -0.39 is 17.6 Å². The van der Waals surface area contributed by atoms with Gasteiger partial charge >= 0.3 is 11.8 Å². The molecule has 0 atom stereocenters. The maximum absolute atomic E-state index is 12.9. The number of hydroxylamine groups is 1. The van der Waals surface area contributed by atoms with Crippen molar-refractivity contribution in [2.75, 3.05) is 12.4 Å². The molecule has 0 heterocycles. The van der Waals surface area contributed by atoms with Crippen LogP contribution in [0.25, 0.3) is 0 Å². The largest absolute Gasteiger partial charge is 0.333 e. The Hall–Kier alpha value is -1.95. The molecule has 1 aromatic rings. The zero-order valence-electron chi connectivity index (χ0n) is 8.83. The standard InChI is InChI=1S/C10H11FN2O3/c1-6-3-4-7(11)5-8(6)12-9(14)10(15)13-16-2/h3-5H,1-2H3,(H,12,14)(H,13,15). The number of hydrogen-bond donors (Lipinski definition) is 2. The lowest BCUT2D eigenvalue weighted by molar-refractivity contribution is -0.142. The van der Waals surface area contributed by atoms with E-state index in [0.717, 1.165) is 6.07 Å². The number of rotatable bonds is 2. The first kappa shape index (κ1) is 12.1. The molecule has 0 saturated heterocycles. The van der Waals surface area contributed by atoms with E-state index in [1.807, 2.05) is 5.48 Å². The first-order chi connectivity index (χ1) is 7.54. The van der Waals surface area contributed by atoms with Crippen LogP contribution in [0, 0.1) is 12.7 Å². The fourth-order valence-corrected chi connectivity index (χ4v) is 1.05. The summed E-state index contributed by atoms with van der Waals surface area (Å²) in [6, 6.07) is 3.90. The molecular formula is C10H11FN2O3. The molecule has 0 aromatic heterocycles. The Bertz CT molecular complexity index is 421. The fourth-order valence-electron chi connectivity index (χ4n) is 1.05. The molecule has 86 valence electrons. The Balaban J connectivity index is 2.76. The van der Waals surface area contributed by atoms with Crippen LogP contribution in [0.5, 0.6) is 0 Å². The topological polar surface area (TPSA) is 67.4 Å². The van der Waals surface area contributed by atoms with Gasteiger partial charge in [0.15, 0.2) is 0 Å². The Morgan fingerprint density at radius 2 is 2.00 bits per heavy atom. The Morgan fingerprint density at radius 1 is 1.31 bits per heavy atom. The molecule has 0 saturated carbocycles. The molecule has 0 aliphatic heterocycles. The number of carbonyl (C=O) groups excluding carboxylic acids is 2. The fraction of sp³-hybridized carbons (Fsp3) is 0.200. The van der Waals surface area contributed by atoms with Crippen LogP contribution in [0.4, 0.5) is 10.1 Å². The van der Waals surface area contributed by atoms with Gasteiger partial charge in [0.1, 0.15) is 5.82 Å². The van der Waals surface area contributed by atoms with Crippen LogP contribution in [0.2, 0.25) is 0 Å². The van der Waals surface area contributed by atoms with Crippen molar-refractivity contribution in [3.05, 3.63) is 29.6 Å². The molecule has 5 nitrogen and oxygen atoms in total. The molecule has 0 fully saturated rings. The molecular weight excluding hydrogens is 215 g/mol. The minimum absolute atomic E-state index is 0.247. The minimum Gasteiger partial charge on any atom is -0.317 e. The van der Waals surface area contributed by atoms with Crippen molar-refractivity contribution in [1.29, 1.82) is 0 Å². The summed E-state index contributed by atoms with van der Waals surface area (Å²) >= 11 is 0. The summed E-state index contributed by atoms with van der Waals surface area (Å²) in [6.07, 6.45) is 0. The molecule has 16 heavy (non-hydrogen) atoms. The number of carbonyl (C=O) groups is 2. The Labute approximate surface area is 91.5 Å². The minimum atomic E-state index is -0.953. The predicted molar refractivity (Wildman–Crippen MR) is 54.9 cm³/mol. The lowest BCUT2D eigenvalue weighted by Gasteiger charge is -2.07. The van der Waals surface area contributed by atoms with Crippen molar-refractivity contribution >= 4 is 17.5 Å². The monoisotopic (exact) mass is 226 g/mol. The predicted octanol–water partition coefficient (Wildman–Crippen LogP) is 0.750. The second kappa shape index (κ2) is 5.22. The Morgan fingerprint density at radius 3 is 2.62 bits per heavy atom. The highest BCUT2D eigenvalue weighted by Gasteiger charge is 2.14. The molecule has 6 heteroatoms. The average Bonchev–Trinajstić information content (AvgIpc) is 2.23. The molecule has 0 aliphatic carbocycles. The molecule has 0 aliphatic rings. The molecule has 0 unspecified atom stereocenters. The highest BCUT2D eigenvalue weighted by molar-refractivity contribution is 6.39. The lowest BCUT2D eigenvalue weighted by atomic mass is 10.2. The number of benzene rings is 1. The van der Waals surface area contributed by atoms with Gasteiger partial charge in [0.25, 0.3) is 0 Å². The van der Waals surface area contributed by atoms with Crippen molar-refractivity contribution in [2.24, 2.45) is 0 Å². The van der Waals surface area contributed by atoms with Crippen LogP contribution in [-0.2, 0) is 14.4 Å².